The first kappa shape index (κ1) is 16.6. The van der Waals surface area contributed by atoms with Gasteiger partial charge in [0, 0.05) is 19.2 Å². The molecule has 0 aliphatic rings. The van der Waals surface area contributed by atoms with Crippen molar-refractivity contribution in [3.63, 3.8) is 0 Å². The maximum Gasteiger partial charge on any atom is 0.253 e. The number of aliphatic hydroxyl groups is 1. The first-order valence-corrected chi connectivity index (χ1v) is 6.46. The number of methoxy groups -OCH3 is 1. The number of amides is 1. The van der Waals surface area contributed by atoms with Crippen molar-refractivity contribution in [2.24, 2.45) is 5.92 Å². The average Bonchev–Trinajstić information content (AvgIpc) is 2.51. The molecule has 0 spiro atoms. The molecule has 1 atom stereocenters. The molecule has 110 valence electrons. The van der Waals surface area contributed by atoms with Crippen LogP contribution in [0.4, 0.5) is 0 Å². The SMILES string of the molecule is COc1ccc(C(=O)N(C)CC(C)C#N)cc1C#CCO. The summed E-state index contributed by atoms with van der Waals surface area (Å²) in [6.07, 6.45) is 0. The summed E-state index contributed by atoms with van der Waals surface area (Å²) >= 11 is 0. The van der Waals surface area contributed by atoms with E-state index in [0.717, 1.165) is 0 Å². The molecule has 1 unspecified atom stereocenters. The van der Waals surface area contributed by atoms with Gasteiger partial charge in [-0.25, -0.2) is 0 Å². The third-order valence-corrected chi connectivity index (χ3v) is 2.86. The molecule has 1 aromatic carbocycles. The monoisotopic (exact) mass is 286 g/mol. The molecular formula is C16H18N2O3. The first-order chi connectivity index (χ1) is 10.0. The maximum atomic E-state index is 12.3. The van der Waals surface area contributed by atoms with Crippen LogP contribution in [0.15, 0.2) is 18.2 Å². The second-order valence-electron chi connectivity index (χ2n) is 4.59. The maximum absolute atomic E-state index is 12.3. The van der Waals surface area contributed by atoms with Crippen molar-refractivity contribution in [3.05, 3.63) is 29.3 Å². The van der Waals surface area contributed by atoms with E-state index in [1.165, 1.54) is 12.0 Å². The van der Waals surface area contributed by atoms with Crippen molar-refractivity contribution in [1.29, 1.82) is 5.26 Å². The fourth-order valence-electron chi connectivity index (χ4n) is 1.83. The zero-order valence-electron chi connectivity index (χ0n) is 12.4. The molecular weight excluding hydrogens is 268 g/mol. The van der Waals surface area contributed by atoms with Crippen molar-refractivity contribution in [1.82, 2.24) is 4.90 Å². The molecule has 21 heavy (non-hydrogen) atoms. The number of aliphatic hydroxyl groups excluding tert-OH is 1. The molecule has 0 saturated carbocycles. The van der Waals surface area contributed by atoms with Crippen LogP contribution in [0.3, 0.4) is 0 Å². The van der Waals surface area contributed by atoms with Gasteiger partial charge >= 0.3 is 0 Å². The lowest BCUT2D eigenvalue weighted by atomic mass is 10.1. The quantitative estimate of drug-likeness (QED) is 0.846. The largest absolute Gasteiger partial charge is 0.495 e. The van der Waals surface area contributed by atoms with E-state index >= 15 is 0 Å². The molecule has 1 aromatic rings. The van der Waals surface area contributed by atoms with Crippen LogP contribution in [0.2, 0.25) is 0 Å². The Labute approximate surface area is 124 Å². The van der Waals surface area contributed by atoms with E-state index in [1.54, 1.807) is 32.2 Å². The fraction of sp³-hybridized carbons (Fsp3) is 0.375. The molecule has 0 bridgehead atoms. The standard InChI is InChI=1S/C16H18N2O3/c1-12(10-17)11-18(2)16(20)14-6-7-15(21-3)13(9-14)5-4-8-19/h6-7,9,12,19H,8,11H2,1-3H3. The molecule has 0 aliphatic carbocycles. The Hall–Kier alpha value is -2.50. The van der Waals surface area contributed by atoms with Gasteiger partial charge < -0.3 is 14.7 Å². The van der Waals surface area contributed by atoms with E-state index in [4.69, 9.17) is 15.1 Å². The van der Waals surface area contributed by atoms with Crippen LogP contribution in [0.5, 0.6) is 5.75 Å². The molecule has 0 aromatic heterocycles. The summed E-state index contributed by atoms with van der Waals surface area (Å²) in [6.45, 7) is 1.86. The first-order valence-electron chi connectivity index (χ1n) is 6.46. The number of hydrogen-bond donors (Lipinski definition) is 1. The van der Waals surface area contributed by atoms with Gasteiger partial charge in [0.1, 0.15) is 12.4 Å². The van der Waals surface area contributed by atoms with E-state index in [0.29, 0.717) is 23.4 Å². The topological polar surface area (TPSA) is 73.6 Å². The number of rotatable bonds is 4. The van der Waals surface area contributed by atoms with Crippen molar-refractivity contribution in [3.8, 4) is 23.7 Å². The Kier molecular flexibility index (Phi) is 6.26. The number of nitriles is 1. The van der Waals surface area contributed by atoms with Crippen LogP contribution in [0.1, 0.15) is 22.8 Å². The van der Waals surface area contributed by atoms with Gasteiger partial charge in [0.15, 0.2) is 0 Å². The summed E-state index contributed by atoms with van der Waals surface area (Å²) in [5.41, 5.74) is 1.00. The predicted octanol–water partition coefficient (Wildman–Crippen LogP) is 1.27. The van der Waals surface area contributed by atoms with Crippen LogP contribution >= 0.6 is 0 Å². The van der Waals surface area contributed by atoms with Gasteiger partial charge in [0.2, 0.25) is 0 Å². The molecule has 0 radical (unpaired) electrons. The van der Waals surface area contributed by atoms with E-state index in [1.807, 2.05) is 0 Å². The minimum atomic E-state index is -0.263. The van der Waals surface area contributed by atoms with Gasteiger partial charge in [-0.2, -0.15) is 5.26 Å². The van der Waals surface area contributed by atoms with Gasteiger partial charge in [-0.1, -0.05) is 11.8 Å². The average molecular weight is 286 g/mol. The van der Waals surface area contributed by atoms with Gasteiger partial charge in [-0.05, 0) is 25.1 Å². The van der Waals surface area contributed by atoms with Crippen LogP contribution in [-0.4, -0.2) is 43.2 Å². The van der Waals surface area contributed by atoms with Crippen LogP contribution in [-0.2, 0) is 0 Å². The Morgan fingerprint density at radius 3 is 2.81 bits per heavy atom. The van der Waals surface area contributed by atoms with Crippen molar-refractivity contribution in [2.75, 3.05) is 27.3 Å². The summed E-state index contributed by atoms with van der Waals surface area (Å²) in [6, 6.07) is 7.03. The molecule has 0 fully saturated rings. The van der Waals surface area contributed by atoms with Gasteiger partial charge in [-0.15, -0.1) is 0 Å². The molecule has 5 heteroatoms. The smallest absolute Gasteiger partial charge is 0.253 e. The number of nitrogens with zero attached hydrogens (tertiary/aromatic N) is 2. The highest BCUT2D eigenvalue weighted by Crippen LogP contribution is 2.20. The van der Waals surface area contributed by atoms with E-state index in [9.17, 15) is 4.79 Å². The highest BCUT2D eigenvalue weighted by atomic mass is 16.5. The highest BCUT2D eigenvalue weighted by molar-refractivity contribution is 5.94. The molecule has 1 N–H and O–H groups in total. The fourth-order valence-corrected chi connectivity index (χ4v) is 1.83. The number of carbonyl (C=O) groups is 1. The minimum absolute atomic E-state index is 0.188. The van der Waals surface area contributed by atoms with Crippen molar-refractivity contribution < 1.29 is 14.6 Å². The Balaban J connectivity index is 3.03. The van der Waals surface area contributed by atoms with Crippen LogP contribution in [0.25, 0.3) is 0 Å². The van der Waals surface area contributed by atoms with Gasteiger partial charge in [0.25, 0.3) is 5.91 Å². The van der Waals surface area contributed by atoms with E-state index < -0.39 is 0 Å². The normalized spacial score (nSPS) is 10.8. The minimum Gasteiger partial charge on any atom is -0.495 e. The summed E-state index contributed by atoms with van der Waals surface area (Å²) in [5, 5.41) is 17.6. The highest BCUT2D eigenvalue weighted by Gasteiger charge is 2.15. The molecule has 1 rings (SSSR count). The Morgan fingerprint density at radius 2 is 2.24 bits per heavy atom. The van der Waals surface area contributed by atoms with Crippen molar-refractivity contribution in [2.45, 2.75) is 6.92 Å². The lowest BCUT2D eigenvalue weighted by molar-refractivity contribution is 0.0785. The molecule has 5 nitrogen and oxygen atoms in total. The van der Waals surface area contributed by atoms with Crippen molar-refractivity contribution >= 4 is 5.91 Å². The summed E-state index contributed by atoms with van der Waals surface area (Å²) in [4.78, 5) is 13.8. The lowest BCUT2D eigenvalue weighted by Gasteiger charge is -2.18. The number of benzene rings is 1. The Bertz CT molecular complexity index is 608. The third kappa shape index (κ3) is 4.52. The zero-order valence-corrected chi connectivity index (χ0v) is 12.4. The molecule has 0 heterocycles. The number of hydrogen-bond acceptors (Lipinski definition) is 4. The Morgan fingerprint density at radius 1 is 1.52 bits per heavy atom. The molecule has 1 amide bonds. The second kappa shape index (κ2) is 7.94. The van der Waals surface area contributed by atoms with E-state index in [-0.39, 0.29) is 18.4 Å². The van der Waals surface area contributed by atoms with Gasteiger partial charge in [-0.3, -0.25) is 4.79 Å². The van der Waals surface area contributed by atoms with Crippen LogP contribution < -0.4 is 4.74 Å². The summed E-state index contributed by atoms with van der Waals surface area (Å²) in [5.74, 6) is 5.41. The lowest BCUT2D eigenvalue weighted by Crippen LogP contribution is -2.30. The second-order valence-corrected chi connectivity index (χ2v) is 4.59. The predicted molar refractivity (Wildman–Crippen MR) is 78.7 cm³/mol. The van der Waals surface area contributed by atoms with E-state index in [2.05, 4.69) is 17.9 Å². The zero-order chi connectivity index (χ0) is 15.8. The number of carbonyl (C=O) groups excluding carboxylic acids is 1. The van der Waals surface area contributed by atoms with Gasteiger partial charge in [0.05, 0.1) is 24.7 Å². The summed E-state index contributed by atoms with van der Waals surface area (Å²) < 4.78 is 5.17. The van der Waals surface area contributed by atoms with Crippen LogP contribution in [0, 0.1) is 29.1 Å². The summed E-state index contributed by atoms with van der Waals surface area (Å²) in [7, 11) is 3.17. The molecule has 0 aliphatic heterocycles. The molecule has 0 saturated heterocycles. The third-order valence-electron chi connectivity index (χ3n) is 2.86. The number of ether oxygens (including phenoxy) is 1.